The first-order valence-electron chi connectivity index (χ1n) is 12.4. The summed E-state index contributed by atoms with van der Waals surface area (Å²) in [4.78, 5) is 10.6. The van der Waals surface area contributed by atoms with Crippen LogP contribution in [0, 0.1) is 11.8 Å². The van der Waals surface area contributed by atoms with Crippen LogP contribution in [0.4, 0.5) is 0 Å². The highest BCUT2D eigenvalue weighted by Crippen LogP contribution is 2.46. The average molecular weight is 441 g/mol. The number of carboxylic acid groups (broad SMARTS) is 1. The summed E-state index contributed by atoms with van der Waals surface area (Å²) in [6.07, 6.45) is 19.9. The highest BCUT2D eigenvalue weighted by Gasteiger charge is 2.47. The van der Waals surface area contributed by atoms with Gasteiger partial charge in [0, 0.05) is 19.6 Å². The summed E-state index contributed by atoms with van der Waals surface area (Å²) >= 11 is 2.07. The molecule has 2 rings (SSSR count). The van der Waals surface area contributed by atoms with Crippen molar-refractivity contribution in [2.75, 3.05) is 24.7 Å². The lowest BCUT2D eigenvalue weighted by atomic mass is 9.78. The number of unbranched alkanes of at least 4 members (excludes halogenated alkanes) is 6. The topological polar surface area (TPSA) is 55.8 Å². The molecule has 2 aliphatic heterocycles. The fourth-order valence-corrected chi connectivity index (χ4v) is 5.96. The maximum absolute atomic E-state index is 10.6. The number of fused-ring (bicyclic) bond motifs is 2. The minimum Gasteiger partial charge on any atom is -0.481 e. The minimum absolute atomic E-state index is 0.267. The molecule has 0 unspecified atom stereocenters. The number of thioether (sulfide) groups is 1. The van der Waals surface area contributed by atoms with E-state index in [1.807, 2.05) is 0 Å². The van der Waals surface area contributed by atoms with Gasteiger partial charge in [-0.25, -0.2) is 0 Å². The molecule has 0 saturated carbocycles. The van der Waals surface area contributed by atoms with E-state index in [0.29, 0.717) is 24.0 Å². The van der Waals surface area contributed by atoms with E-state index in [9.17, 15) is 4.79 Å². The molecule has 0 radical (unpaired) electrons. The molecule has 174 valence electrons. The molecule has 4 nitrogen and oxygen atoms in total. The van der Waals surface area contributed by atoms with Crippen molar-refractivity contribution in [2.24, 2.45) is 11.8 Å². The summed E-state index contributed by atoms with van der Waals surface area (Å²) in [5.41, 5.74) is 0. The Hall–Kier alpha value is -0.520. The zero-order valence-electron chi connectivity index (χ0n) is 19.1. The lowest BCUT2D eigenvalue weighted by Crippen LogP contribution is -2.28. The van der Waals surface area contributed by atoms with Crippen LogP contribution in [0.1, 0.15) is 90.4 Å². The number of rotatable bonds is 19. The van der Waals surface area contributed by atoms with E-state index >= 15 is 0 Å². The van der Waals surface area contributed by atoms with Crippen LogP contribution in [0.5, 0.6) is 0 Å². The van der Waals surface area contributed by atoms with Gasteiger partial charge in [-0.05, 0) is 68.3 Å². The first-order valence-corrected chi connectivity index (χ1v) is 13.6. The van der Waals surface area contributed by atoms with Gasteiger partial charge in [-0.3, -0.25) is 4.79 Å². The maximum Gasteiger partial charge on any atom is 0.303 e. The van der Waals surface area contributed by atoms with Gasteiger partial charge in [-0.1, -0.05) is 51.2 Å². The van der Waals surface area contributed by atoms with Gasteiger partial charge in [-0.15, -0.1) is 0 Å². The summed E-state index contributed by atoms with van der Waals surface area (Å²) in [5, 5.41) is 8.71. The van der Waals surface area contributed by atoms with Gasteiger partial charge in [0.05, 0.1) is 12.2 Å². The molecule has 0 amide bonds. The molecule has 5 heteroatoms. The van der Waals surface area contributed by atoms with Crippen molar-refractivity contribution < 1.29 is 19.4 Å². The molecular weight excluding hydrogens is 396 g/mol. The molecule has 1 N–H and O–H groups in total. The monoisotopic (exact) mass is 440 g/mol. The summed E-state index contributed by atoms with van der Waals surface area (Å²) in [5.74, 6) is 3.02. The Morgan fingerprint density at radius 1 is 1.00 bits per heavy atom. The van der Waals surface area contributed by atoms with Gasteiger partial charge in [0.25, 0.3) is 0 Å². The van der Waals surface area contributed by atoms with Crippen molar-refractivity contribution in [2.45, 2.75) is 103 Å². The van der Waals surface area contributed by atoms with Crippen LogP contribution < -0.4 is 0 Å². The van der Waals surface area contributed by atoms with E-state index in [0.717, 1.165) is 38.9 Å². The molecule has 4 atom stereocenters. The predicted octanol–water partition coefficient (Wildman–Crippen LogP) is 6.48. The van der Waals surface area contributed by atoms with Crippen LogP contribution in [-0.2, 0) is 14.3 Å². The fraction of sp³-hybridized carbons (Fsp3) is 0.880. The molecule has 0 spiro atoms. The van der Waals surface area contributed by atoms with Crippen molar-refractivity contribution in [1.82, 2.24) is 0 Å². The molecular formula is C25H44O4S. The Bertz CT molecular complexity index is 482. The standard InChI is InChI=1S/C25H44O4S/c1-2-3-4-5-8-11-17-28-18-12-19-30-20-22-21(23-15-16-24(22)29-23)13-9-6-7-10-14-25(26)27/h6,9,21-24H,2-5,7-8,10-20H2,1H3,(H,26,27)/b9-6-/t21-,22+,23-,24+/m1/s1. The second kappa shape index (κ2) is 16.2. The van der Waals surface area contributed by atoms with Crippen molar-refractivity contribution in [3.63, 3.8) is 0 Å². The third-order valence-corrected chi connectivity index (χ3v) is 7.65. The van der Waals surface area contributed by atoms with Gasteiger partial charge >= 0.3 is 5.97 Å². The number of carboxylic acids is 1. The van der Waals surface area contributed by atoms with Gasteiger partial charge < -0.3 is 14.6 Å². The van der Waals surface area contributed by atoms with E-state index in [4.69, 9.17) is 14.6 Å². The average Bonchev–Trinajstić information content (AvgIpc) is 3.33. The van der Waals surface area contributed by atoms with E-state index in [-0.39, 0.29) is 6.42 Å². The summed E-state index contributed by atoms with van der Waals surface area (Å²) in [6.45, 7) is 4.09. The van der Waals surface area contributed by atoms with Crippen LogP contribution in [-0.4, -0.2) is 48.0 Å². The molecule has 30 heavy (non-hydrogen) atoms. The normalized spacial score (nSPS) is 25.5. The van der Waals surface area contributed by atoms with Crippen LogP contribution in [0.25, 0.3) is 0 Å². The van der Waals surface area contributed by atoms with Crippen LogP contribution in [0.15, 0.2) is 12.2 Å². The molecule has 0 aromatic rings. The number of hydrogen-bond acceptors (Lipinski definition) is 4. The van der Waals surface area contributed by atoms with Gasteiger partial charge in [0.15, 0.2) is 0 Å². The highest BCUT2D eigenvalue weighted by atomic mass is 32.2. The Kier molecular flexibility index (Phi) is 13.9. The molecule has 0 aromatic heterocycles. The second-order valence-electron chi connectivity index (χ2n) is 8.92. The molecule has 2 aliphatic rings. The van der Waals surface area contributed by atoms with Crippen LogP contribution in [0.3, 0.4) is 0 Å². The van der Waals surface area contributed by atoms with Crippen LogP contribution in [0.2, 0.25) is 0 Å². The number of aliphatic carboxylic acids is 1. The van der Waals surface area contributed by atoms with Crippen molar-refractivity contribution in [3.8, 4) is 0 Å². The number of ether oxygens (including phenoxy) is 2. The molecule has 2 fully saturated rings. The minimum atomic E-state index is -0.699. The second-order valence-corrected chi connectivity index (χ2v) is 10.1. The first kappa shape index (κ1) is 25.7. The SMILES string of the molecule is CCCCCCCCOCCCSC[C@H]1[C@@H](C/C=C\CCCC(=O)O)[C@H]2CC[C@@H]1O2. The lowest BCUT2D eigenvalue weighted by molar-refractivity contribution is -0.137. The zero-order chi connectivity index (χ0) is 21.4. The number of carbonyl (C=O) groups is 1. The molecule has 2 saturated heterocycles. The van der Waals surface area contributed by atoms with Crippen molar-refractivity contribution in [3.05, 3.63) is 12.2 Å². The molecule has 0 aliphatic carbocycles. The Morgan fingerprint density at radius 3 is 2.53 bits per heavy atom. The number of allylic oxidation sites excluding steroid dienone is 2. The molecule has 2 bridgehead atoms. The lowest BCUT2D eigenvalue weighted by Gasteiger charge is -2.27. The fourth-order valence-electron chi connectivity index (χ4n) is 4.74. The molecule has 2 heterocycles. The Morgan fingerprint density at radius 2 is 1.73 bits per heavy atom. The van der Waals surface area contributed by atoms with Crippen LogP contribution >= 0.6 is 11.8 Å². The van der Waals surface area contributed by atoms with Gasteiger partial charge in [0.1, 0.15) is 0 Å². The van der Waals surface area contributed by atoms with Gasteiger partial charge in [0.2, 0.25) is 0 Å². The smallest absolute Gasteiger partial charge is 0.303 e. The quantitative estimate of drug-likeness (QED) is 0.184. The maximum atomic E-state index is 10.6. The van der Waals surface area contributed by atoms with Crippen molar-refractivity contribution >= 4 is 17.7 Å². The van der Waals surface area contributed by atoms with Crippen molar-refractivity contribution in [1.29, 1.82) is 0 Å². The highest BCUT2D eigenvalue weighted by molar-refractivity contribution is 7.99. The summed E-state index contributed by atoms with van der Waals surface area (Å²) in [7, 11) is 0. The largest absolute Gasteiger partial charge is 0.481 e. The first-order chi connectivity index (χ1) is 14.7. The van der Waals surface area contributed by atoms with E-state index in [2.05, 4.69) is 30.8 Å². The van der Waals surface area contributed by atoms with Gasteiger partial charge in [-0.2, -0.15) is 11.8 Å². The Labute approximate surface area is 188 Å². The van der Waals surface area contributed by atoms with E-state index < -0.39 is 5.97 Å². The predicted molar refractivity (Wildman–Crippen MR) is 126 cm³/mol. The summed E-state index contributed by atoms with van der Waals surface area (Å²) in [6, 6.07) is 0. The summed E-state index contributed by atoms with van der Waals surface area (Å²) < 4.78 is 12.0. The third kappa shape index (κ3) is 10.2. The third-order valence-electron chi connectivity index (χ3n) is 6.46. The number of hydrogen-bond donors (Lipinski definition) is 1. The Balaban J connectivity index is 1.49. The molecule has 0 aromatic carbocycles. The zero-order valence-corrected chi connectivity index (χ0v) is 19.9. The van der Waals surface area contributed by atoms with E-state index in [1.165, 1.54) is 62.9 Å². The van der Waals surface area contributed by atoms with E-state index in [1.54, 1.807) is 0 Å².